The third kappa shape index (κ3) is 4.73. The standard InChI is InChI=1S/C20H31N3O/c1-16-12-17(2)14-23(13-16)20(24)21-19-8-10-22(11-9-19)15-18-6-4-3-5-7-18/h3-7,16-17,19H,8-15H2,1-2H3,(H,21,24)/t16-,17-/m0/s1. The summed E-state index contributed by atoms with van der Waals surface area (Å²) < 4.78 is 0. The molecule has 4 nitrogen and oxygen atoms in total. The molecule has 2 heterocycles. The number of hydrogen-bond donors (Lipinski definition) is 1. The van der Waals surface area contributed by atoms with Crippen molar-refractivity contribution in [1.82, 2.24) is 15.1 Å². The molecule has 0 aliphatic carbocycles. The Labute approximate surface area is 146 Å². The van der Waals surface area contributed by atoms with Gasteiger partial charge in [0.2, 0.25) is 0 Å². The first-order valence-corrected chi connectivity index (χ1v) is 9.42. The van der Waals surface area contributed by atoms with Crippen molar-refractivity contribution in [3.05, 3.63) is 35.9 Å². The number of likely N-dealkylation sites (tertiary alicyclic amines) is 2. The van der Waals surface area contributed by atoms with Gasteiger partial charge in [-0.1, -0.05) is 44.2 Å². The van der Waals surface area contributed by atoms with Crippen molar-refractivity contribution in [1.29, 1.82) is 0 Å². The summed E-state index contributed by atoms with van der Waals surface area (Å²) in [7, 11) is 0. The molecule has 0 saturated carbocycles. The van der Waals surface area contributed by atoms with Crippen LogP contribution in [0.15, 0.2) is 30.3 Å². The van der Waals surface area contributed by atoms with Crippen LogP contribution in [0.3, 0.4) is 0 Å². The maximum atomic E-state index is 12.5. The summed E-state index contributed by atoms with van der Waals surface area (Å²) in [5.41, 5.74) is 1.37. The van der Waals surface area contributed by atoms with Crippen LogP contribution in [0.5, 0.6) is 0 Å². The number of urea groups is 1. The largest absolute Gasteiger partial charge is 0.335 e. The second kappa shape index (κ2) is 8.02. The number of benzene rings is 1. The van der Waals surface area contributed by atoms with Crippen LogP contribution in [-0.4, -0.2) is 48.1 Å². The van der Waals surface area contributed by atoms with Gasteiger partial charge in [0.25, 0.3) is 0 Å². The molecule has 0 bridgehead atoms. The normalized spacial score (nSPS) is 26.3. The molecule has 2 aliphatic heterocycles. The van der Waals surface area contributed by atoms with E-state index in [2.05, 4.69) is 54.4 Å². The second-order valence-corrected chi connectivity index (χ2v) is 7.84. The number of carbonyl (C=O) groups is 1. The topological polar surface area (TPSA) is 35.6 Å². The molecule has 0 aromatic heterocycles. The van der Waals surface area contributed by atoms with Crippen LogP contribution in [0.25, 0.3) is 0 Å². The Morgan fingerprint density at radius 2 is 1.71 bits per heavy atom. The zero-order valence-electron chi connectivity index (χ0n) is 15.1. The van der Waals surface area contributed by atoms with Gasteiger partial charge in [-0.25, -0.2) is 4.79 Å². The SMILES string of the molecule is C[C@H]1C[C@H](C)CN(C(=O)NC2CCN(Cc3ccccc3)CC2)C1. The third-order valence-corrected chi connectivity index (χ3v) is 5.32. The molecule has 24 heavy (non-hydrogen) atoms. The van der Waals surface area contributed by atoms with Crippen LogP contribution in [0.2, 0.25) is 0 Å². The zero-order valence-corrected chi connectivity index (χ0v) is 15.1. The molecule has 1 N–H and O–H groups in total. The highest BCUT2D eigenvalue weighted by molar-refractivity contribution is 5.74. The predicted molar refractivity (Wildman–Crippen MR) is 97.8 cm³/mol. The van der Waals surface area contributed by atoms with Crippen molar-refractivity contribution in [3.8, 4) is 0 Å². The van der Waals surface area contributed by atoms with Crippen LogP contribution in [0.4, 0.5) is 4.79 Å². The van der Waals surface area contributed by atoms with Gasteiger partial charge in [-0.3, -0.25) is 4.90 Å². The maximum absolute atomic E-state index is 12.5. The average Bonchev–Trinajstić information content (AvgIpc) is 2.57. The van der Waals surface area contributed by atoms with E-state index in [0.717, 1.165) is 45.6 Å². The molecular formula is C20H31N3O. The lowest BCUT2D eigenvalue weighted by atomic mass is 9.92. The Kier molecular flexibility index (Phi) is 5.77. The molecule has 1 aromatic rings. The van der Waals surface area contributed by atoms with Gasteiger partial charge >= 0.3 is 6.03 Å². The van der Waals surface area contributed by atoms with Crippen LogP contribution in [-0.2, 0) is 6.54 Å². The first-order chi connectivity index (χ1) is 11.6. The molecule has 2 fully saturated rings. The summed E-state index contributed by atoms with van der Waals surface area (Å²) in [6.45, 7) is 9.45. The van der Waals surface area contributed by atoms with Crippen molar-refractivity contribution < 1.29 is 4.79 Å². The van der Waals surface area contributed by atoms with Crippen molar-refractivity contribution in [2.75, 3.05) is 26.2 Å². The molecule has 4 heteroatoms. The smallest absolute Gasteiger partial charge is 0.317 e. The quantitative estimate of drug-likeness (QED) is 0.923. The molecule has 2 atom stereocenters. The summed E-state index contributed by atoms with van der Waals surface area (Å²) in [6, 6.07) is 11.1. The third-order valence-electron chi connectivity index (χ3n) is 5.32. The number of piperidine rings is 2. The first-order valence-electron chi connectivity index (χ1n) is 9.42. The lowest BCUT2D eigenvalue weighted by Gasteiger charge is -2.37. The van der Waals surface area contributed by atoms with Crippen molar-refractivity contribution in [3.63, 3.8) is 0 Å². The van der Waals surface area contributed by atoms with Gasteiger partial charge in [0, 0.05) is 38.8 Å². The fourth-order valence-electron chi connectivity index (χ4n) is 4.17. The highest BCUT2D eigenvalue weighted by Gasteiger charge is 2.27. The lowest BCUT2D eigenvalue weighted by molar-refractivity contribution is 0.135. The van der Waals surface area contributed by atoms with Crippen molar-refractivity contribution >= 4 is 6.03 Å². The predicted octanol–water partition coefficient (Wildman–Crippen LogP) is 3.34. The van der Waals surface area contributed by atoms with Gasteiger partial charge in [0.15, 0.2) is 0 Å². The Morgan fingerprint density at radius 1 is 1.08 bits per heavy atom. The number of amides is 2. The molecule has 0 spiro atoms. The molecule has 132 valence electrons. The number of hydrogen-bond acceptors (Lipinski definition) is 2. The molecule has 0 unspecified atom stereocenters. The van der Waals surface area contributed by atoms with E-state index in [1.807, 2.05) is 4.90 Å². The van der Waals surface area contributed by atoms with Crippen LogP contribution in [0, 0.1) is 11.8 Å². The summed E-state index contributed by atoms with van der Waals surface area (Å²) in [6.07, 6.45) is 3.34. The molecule has 2 aliphatic rings. The number of carbonyl (C=O) groups excluding carboxylic acids is 1. The fraction of sp³-hybridized carbons (Fsp3) is 0.650. The summed E-state index contributed by atoms with van der Waals surface area (Å²) in [4.78, 5) is 17.0. The minimum Gasteiger partial charge on any atom is -0.335 e. The van der Waals surface area contributed by atoms with Gasteiger partial charge in [0.05, 0.1) is 0 Å². The highest BCUT2D eigenvalue weighted by atomic mass is 16.2. The van der Waals surface area contributed by atoms with Gasteiger partial charge in [-0.15, -0.1) is 0 Å². The Bertz CT molecular complexity index is 515. The molecule has 3 rings (SSSR count). The van der Waals surface area contributed by atoms with Gasteiger partial charge in [-0.2, -0.15) is 0 Å². The monoisotopic (exact) mass is 329 g/mol. The molecule has 1 aromatic carbocycles. The van der Waals surface area contributed by atoms with E-state index in [1.165, 1.54) is 12.0 Å². The van der Waals surface area contributed by atoms with Crippen molar-refractivity contribution in [2.45, 2.75) is 45.7 Å². The zero-order chi connectivity index (χ0) is 16.9. The van der Waals surface area contributed by atoms with Crippen LogP contribution < -0.4 is 5.32 Å². The molecule has 0 radical (unpaired) electrons. The Morgan fingerprint density at radius 3 is 2.33 bits per heavy atom. The lowest BCUT2D eigenvalue weighted by Crippen LogP contribution is -2.52. The van der Waals surface area contributed by atoms with E-state index < -0.39 is 0 Å². The number of nitrogens with zero attached hydrogens (tertiary/aromatic N) is 2. The summed E-state index contributed by atoms with van der Waals surface area (Å²) in [5.74, 6) is 1.24. The van der Waals surface area contributed by atoms with E-state index in [1.54, 1.807) is 0 Å². The minimum atomic E-state index is 0.148. The van der Waals surface area contributed by atoms with Crippen molar-refractivity contribution in [2.24, 2.45) is 11.8 Å². The fourth-order valence-corrected chi connectivity index (χ4v) is 4.17. The number of nitrogens with one attached hydrogen (secondary N) is 1. The molecular weight excluding hydrogens is 298 g/mol. The van der Waals surface area contributed by atoms with E-state index in [4.69, 9.17) is 0 Å². The maximum Gasteiger partial charge on any atom is 0.317 e. The molecule has 2 amide bonds. The minimum absolute atomic E-state index is 0.148. The first kappa shape index (κ1) is 17.3. The van der Waals surface area contributed by atoms with E-state index in [9.17, 15) is 4.79 Å². The average molecular weight is 329 g/mol. The Balaban J connectivity index is 1.42. The molecule has 2 saturated heterocycles. The number of rotatable bonds is 3. The van der Waals surface area contributed by atoms with E-state index >= 15 is 0 Å². The summed E-state index contributed by atoms with van der Waals surface area (Å²) >= 11 is 0. The van der Waals surface area contributed by atoms with Gasteiger partial charge in [0.1, 0.15) is 0 Å². The van der Waals surface area contributed by atoms with E-state index in [-0.39, 0.29) is 6.03 Å². The van der Waals surface area contributed by atoms with Gasteiger partial charge in [-0.05, 0) is 36.7 Å². The van der Waals surface area contributed by atoms with E-state index in [0.29, 0.717) is 17.9 Å². The van der Waals surface area contributed by atoms with Gasteiger partial charge < -0.3 is 10.2 Å². The Hall–Kier alpha value is -1.55. The summed E-state index contributed by atoms with van der Waals surface area (Å²) in [5, 5.41) is 3.27. The van der Waals surface area contributed by atoms with Crippen LogP contribution >= 0.6 is 0 Å². The highest BCUT2D eigenvalue weighted by Crippen LogP contribution is 2.21. The second-order valence-electron chi connectivity index (χ2n) is 7.84. The van der Waals surface area contributed by atoms with Crippen LogP contribution in [0.1, 0.15) is 38.7 Å².